The Bertz CT molecular complexity index is 267. The van der Waals surface area contributed by atoms with Gasteiger partial charge in [0.05, 0.1) is 5.92 Å². The number of nitrogens with zero attached hydrogens (tertiary/aromatic N) is 1. The number of carboxylic acids is 1. The van der Waals surface area contributed by atoms with Gasteiger partial charge in [0.15, 0.2) is 0 Å². The van der Waals surface area contributed by atoms with Gasteiger partial charge in [0.2, 0.25) is 5.91 Å². The Morgan fingerprint density at radius 1 is 1.22 bits per heavy atom. The normalized spacial score (nSPS) is 12.8. The van der Waals surface area contributed by atoms with Crippen molar-refractivity contribution in [2.24, 2.45) is 11.8 Å². The van der Waals surface area contributed by atoms with Gasteiger partial charge in [0, 0.05) is 26.6 Å². The Hall–Kier alpha value is -1.10. The number of rotatable bonds is 9. The van der Waals surface area contributed by atoms with Gasteiger partial charge in [0.1, 0.15) is 0 Å². The third-order valence-corrected chi connectivity index (χ3v) is 2.78. The van der Waals surface area contributed by atoms with Crippen molar-refractivity contribution in [3.05, 3.63) is 0 Å². The van der Waals surface area contributed by atoms with Crippen molar-refractivity contribution >= 4 is 11.9 Å². The molecule has 0 fully saturated rings. The lowest BCUT2D eigenvalue weighted by Gasteiger charge is -2.25. The summed E-state index contributed by atoms with van der Waals surface area (Å²) in [6.45, 7) is 10.2. The van der Waals surface area contributed by atoms with Gasteiger partial charge in [-0.2, -0.15) is 0 Å². The Kier molecular flexibility index (Phi) is 8.37. The van der Waals surface area contributed by atoms with Crippen molar-refractivity contribution < 1.29 is 14.7 Å². The summed E-state index contributed by atoms with van der Waals surface area (Å²) >= 11 is 0. The summed E-state index contributed by atoms with van der Waals surface area (Å²) in [6, 6.07) is 0. The fourth-order valence-corrected chi connectivity index (χ4v) is 1.59. The molecule has 0 radical (unpaired) electrons. The topological polar surface area (TPSA) is 69.6 Å². The van der Waals surface area contributed by atoms with Gasteiger partial charge in [-0.3, -0.25) is 9.59 Å². The van der Waals surface area contributed by atoms with Crippen LogP contribution in [0.15, 0.2) is 0 Å². The van der Waals surface area contributed by atoms with Crippen LogP contribution in [-0.2, 0) is 9.59 Å². The maximum atomic E-state index is 10.9. The van der Waals surface area contributed by atoms with E-state index in [2.05, 4.69) is 24.1 Å². The highest BCUT2D eigenvalue weighted by atomic mass is 16.4. The molecule has 0 aliphatic carbocycles. The number of amides is 1. The van der Waals surface area contributed by atoms with Crippen LogP contribution in [0.1, 0.15) is 34.1 Å². The highest BCUT2D eigenvalue weighted by molar-refractivity contribution is 5.72. The zero-order valence-corrected chi connectivity index (χ0v) is 11.9. The quantitative estimate of drug-likeness (QED) is 0.652. The smallest absolute Gasteiger partial charge is 0.307 e. The lowest BCUT2D eigenvalue weighted by Crippen LogP contribution is -2.38. The molecule has 0 rings (SSSR count). The summed E-state index contributed by atoms with van der Waals surface area (Å²) in [5, 5.41) is 11.7. The second-order valence-corrected chi connectivity index (χ2v) is 5.21. The van der Waals surface area contributed by atoms with E-state index in [4.69, 9.17) is 5.11 Å². The predicted octanol–water partition coefficient (Wildman–Crippen LogP) is 1.19. The number of aliphatic carboxylic acids is 1. The van der Waals surface area contributed by atoms with Crippen LogP contribution in [-0.4, -0.2) is 48.1 Å². The van der Waals surface area contributed by atoms with Gasteiger partial charge < -0.3 is 15.3 Å². The average Bonchev–Trinajstić information content (AvgIpc) is 2.24. The van der Waals surface area contributed by atoms with Crippen LogP contribution >= 0.6 is 0 Å². The monoisotopic (exact) mass is 258 g/mol. The molecule has 5 nitrogen and oxygen atoms in total. The van der Waals surface area contributed by atoms with Gasteiger partial charge in [-0.25, -0.2) is 0 Å². The molecule has 0 heterocycles. The molecule has 0 aliphatic heterocycles. The molecule has 0 aromatic heterocycles. The maximum Gasteiger partial charge on any atom is 0.307 e. The average molecular weight is 258 g/mol. The van der Waals surface area contributed by atoms with Crippen molar-refractivity contribution in [3.63, 3.8) is 0 Å². The zero-order chi connectivity index (χ0) is 14.1. The van der Waals surface area contributed by atoms with Gasteiger partial charge in [-0.1, -0.05) is 20.8 Å². The van der Waals surface area contributed by atoms with Gasteiger partial charge in [0.25, 0.3) is 0 Å². The van der Waals surface area contributed by atoms with Crippen molar-refractivity contribution in [1.82, 2.24) is 10.2 Å². The number of hydrogen-bond donors (Lipinski definition) is 2. The molecule has 1 atom stereocenters. The first-order valence-corrected chi connectivity index (χ1v) is 6.52. The second-order valence-electron chi connectivity index (χ2n) is 5.21. The summed E-state index contributed by atoms with van der Waals surface area (Å²) < 4.78 is 0. The summed E-state index contributed by atoms with van der Waals surface area (Å²) in [4.78, 5) is 23.8. The Labute approximate surface area is 110 Å². The fourth-order valence-electron chi connectivity index (χ4n) is 1.59. The minimum atomic E-state index is -0.774. The molecular weight excluding hydrogens is 232 g/mol. The number of carbonyl (C=O) groups is 2. The fraction of sp³-hybridized carbons (Fsp3) is 0.846. The van der Waals surface area contributed by atoms with Crippen LogP contribution in [0.25, 0.3) is 0 Å². The first kappa shape index (κ1) is 16.9. The molecule has 106 valence electrons. The molecule has 0 saturated carbocycles. The standard InChI is InChI=1S/C13H26N2O3/c1-10(2)5-7-15(8-6-14-12(4)16)9-11(3)13(17)18/h10-11H,5-9H2,1-4H3,(H,14,16)(H,17,18). The van der Waals surface area contributed by atoms with Crippen molar-refractivity contribution in [2.75, 3.05) is 26.2 Å². The molecule has 0 spiro atoms. The molecule has 2 N–H and O–H groups in total. The van der Waals surface area contributed by atoms with Crippen LogP contribution in [0.4, 0.5) is 0 Å². The largest absolute Gasteiger partial charge is 0.481 e. The minimum Gasteiger partial charge on any atom is -0.481 e. The highest BCUT2D eigenvalue weighted by Crippen LogP contribution is 2.05. The summed E-state index contributed by atoms with van der Waals surface area (Å²) in [5.74, 6) is -0.614. The molecule has 0 aliphatic rings. The predicted molar refractivity (Wildman–Crippen MR) is 71.4 cm³/mol. The number of hydrogen-bond acceptors (Lipinski definition) is 3. The zero-order valence-electron chi connectivity index (χ0n) is 11.9. The van der Waals surface area contributed by atoms with Crippen LogP contribution in [0, 0.1) is 11.8 Å². The van der Waals surface area contributed by atoms with E-state index < -0.39 is 5.97 Å². The molecule has 0 bridgehead atoms. The van der Waals surface area contributed by atoms with Crippen LogP contribution < -0.4 is 5.32 Å². The Balaban J connectivity index is 4.14. The molecule has 1 amide bonds. The van der Waals surface area contributed by atoms with E-state index in [0.29, 0.717) is 25.6 Å². The minimum absolute atomic E-state index is 0.0508. The third-order valence-electron chi connectivity index (χ3n) is 2.78. The van der Waals surface area contributed by atoms with E-state index in [1.54, 1.807) is 6.92 Å². The maximum absolute atomic E-state index is 10.9. The highest BCUT2D eigenvalue weighted by Gasteiger charge is 2.16. The lowest BCUT2D eigenvalue weighted by molar-refractivity contribution is -0.141. The molecular formula is C13H26N2O3. The molecule has 5 heteroatoms. The van der Waals surface area contributed by atoms with E-state index in [1.165, 1.54) is 6.92 Å². The molecule has 1 unspecified atom stereocenters. The third kappa shape index (κ3) is 8.98. The summed E-state index contributed by atoms with van der Waals surface area (Å²) in [7, 11) is 0. The van der Waals surface area contributed by atoms with Crippen LogP contribution in [0.5, 0.6) is 0 Å². The first-order chi connectivity index (χ1) is 8.32. The van der Waals surface area contributed by atoms with Crippen molar-refractivity contribution in [1.29, 1.82) is 0 Å². The first-order valence-electron chi connectivity index (χ1n) is 6.52. The van der Waals surface area contributed by atoms with E-state index in [0.717, 1.165) is 13.0 Å². The molecule has 0 aromatic rings. The van der Waals surface area contributed by atoms with Gasteiger partial charge >= 0.3 is 5.97 Å². The van der Waals surface area contributed by atoms with Crippen molar-refractivity contribution in [3.8, 4) is 0 Å². The lowest BCUT2D eigenvalue weighted by atomic mass is 10.1. The number of carbonyl (C=O) groups excluding carboxylic acids is 1. The number of carboxylic acid groups (broad SMARTS) is 1. The van der Waals surface area contributed by atoms with Gasteiger partial charge in [-0.05, 0) is 18.9 Å². The SMILES string of the molecule is CC(=O)NCCN(CCC(C)C)CC(C)C(=O)O. The second kappa shape index (κ2) is 8.91. The Morgan fingerprint density at radius 2 is 1.83 bits per heavy atom. The number of nitrogens with one attached hydrogen (secondary N) is 1. The molecule has 18 heavy (non-hydrogen) atoms. The molecule has 0 saturated heterocycles. The van der Waals surface area contributed by atoms with Crippen LogP contribution in [0.2, 0.25) is 0 Å². The summed E-state index contributed by atoms with van der Waals surface area (Å²) in [6.07, 6.45) is 1.03. The van der Waals surface area contributed by atoms with E-state index >= 15 is 0 Å². The van der Waals surface area contributed by atoms with Crippen molar-refractivity contribution in [2.45, 2.75) is 34.1 Å². The Morgan fingerprint density at radius 3 is 2.28 bits per heavy atom. The van der Waals surface area contributed by atoms with E-state index in [1.807, 2.05) is 0 Å². The summed E-state index contributed by atoms with van der Waals surface area (Å²) in [5.41, 5.74) is 0. The van der Waals surface area contributed by atoms with Gasteiger partial charge in [-0.15, -0.1) is 0 Å². The van der Waals surface area contributed by atoms with Crippen LogP contribution in [0.3, 0.4) is 0 Å². The van der Waals surface area contributed by atoms with E-state index in [9.17, 15) is 9.59 Å². The molecule has 0 aromatic carbocycles. The van der Waals surface area contributed by atoms with E-state index in [-0.39, 0.29) is 11.8 Å².